The number of nitrogens with zero attached hydrogens (tertiary/aromatic N) is 4. The number of hydrogen-bond donors (Lipinski definition) is 0. The Bertz CT molecular complexity index is 2690. The molecule has 0 fully saturated rings. The number of aromatic nitrogens is 4. The molecule has 57 heavy (non-hydrogen) atoms. The molecule has 9 aromatic rings. The monoisotopic (exact) mass is 738 g/mol. The molecule has 0 aliphatic rings. The van der Waals surface area contributed by atoms with Gasteiger partial charge in [-0.2, -0.15) is 0 Å². The molecule has 0 spiro atoms. The molecule has 0 N–H and O–H groups in total. The summed E-state index contributed by atoms with van der Waals surface area (Å²) in [6.07, 6.45) is 0. The molecule has 0 amide bonds. The van der Waals surface area contributed by atoms with Gasteiger partial charge in [-0.05, 0) is 69.5 Å². The Labute approximate surface area is 335 Å². The predicted octanol–water partition coefficient (Wildman–Crippen LogP) is 13.9. The van der Waals surface area contributed by atoms with Crippen LogP contribution in [0.4, 0.5) is 0 Å². The second-order valence-electron chi connectivity index (χ2n) is 17.0. The highest BCUT2D eigenvalue weighted by Crippen LogP contribution is 2.45. The van der Waals surface area contributed by atoms with Crippen LogP contribution in [0.1, 0.15) is 52.7 Å². The molecule has 0 unspecified atom stereocenters. The van der Waals surface area contributed by atoms with E-state index in [0.717, 1.165) is 44.6 Å². The van der Waals surface area contributed by atoms with E-state index in [0.29, 0.717) is 17.5 Å². The third-order valence-electron chi connectivity index (χ3n) is 11.0. The lowest BCUT2D eigenvalue weighted by atomic mass is 9.85. The molecular weight excluding hydrogens is 693 g/mol. The van der Waals surface area contributed by atoms with Crippen LogP contribution >= 0.6 is 0 Å². The SMILES string of the molecule is CC(C)(C)c1ccc2c(c1)c1cc(C(C)(C)C)ccc1n2-c1c(-c2ccccc2)cc(-c2nc(-c3ccccc3)nc(-c3ccccc3)n2)cc1-c1ccccc1. The lowest BCUT2D eigenvalue weighted by Crippen LogP contribution is -2.10. The van der Waals surface area contributed by atoms with Crippen LogP contribution in [0.15, 0.2) is 170 Å². The average molecular weight is 739 g/mol. The second kappa shape index (κ2) is 14.1. The topological polar surface area (TPSA) is 43.6 Å². The normalized spacial score (nSPS) is 12.0. The molecule has 0 saturated carbocycles. The molecule has 0 saturated heterocycles. The van der Waals surface area contributed by atoms with Gasteiger partial charge in [-0.3, -0.25) is 0 Å². The van der Waals surface area contributed by atoms with E-state index >= 15 is 0 Å². The lowest BCUT2D eigenvalue weighted by molar-refractivity contribution is 0.590. The Morgan fingerprint density at radius 1 is 0.351 bits per heavy atom. The first-order valence-electron chi connectivity index (χ1n) is 19.8. The zero-order chi connectivity index (χ0) is 39.3. The van der Waals surface area contributed by atoms with E-state index < -0.39 is 0 Å². The third-order valence-corrected chi connectivity index (χ3v) is 11.0. The van der Waals surface area contributed by atoms with Gasteiger partial charge < -0.3 is 4.57 Å². The van der Waals surface area contributed by atoms with Crippen LogP contribution in [-0.4, -0.2) is 19.5 Å². The maximum atomic E-state index is 5.20. The standard InChI is InChI=1S/C53H46N4/c1-52(2,3)40-27-29-46-44(33-40)45-34-41(53(4,5)6)28-30-47(45)57(46)48-42(35-19-11-7-12-20-35)31-39(32-43(48)36-21-13-8-14-22-36)51-55-49(37-23-15-9-16-24-37)54-50(56-51)38-25-17-10-18-26-38/h7-34H,1-6H3. The minimum Gasteiger partial charge on any atom is -0.308 e. The minimum absolute atomic E-state index is 0.00194. The number of hydrogen-bond acceptors (Lipinski definition) is 3. The summed E-state index contributed by atoms with van der Waals surface area (Å²) in [6.45, 7) is 13.8. The minimum atomic E-state index is -0.00194. The fourth-order valence-corrected chi connectivity index (χ4v) is 7.81. The molecule has 7 aromatic carbocycles. The predicted molar refractivity (Wildman–Crippen MR) is 239 cm³/mol. The summed E-state index contributed by atoms with van der Waals surface area (Å²) in [6, 6.07) is 60.5. The van der Waals surface area contributed by atoms with Gasteiger partial charge in [0.1, 0.15) is 0 Å². The lowest BCUT2D eigenvalue weighted by Gasteiger charge is -2.22. The molecule has 4 nitrogen and oxygen atoms in total. The van der Waals surface area contributed by atoms with E-state index in [4.69, 9.17) is 15.0 Å². The van der Waals surface area contributed by atoms with Gasteiger partial charge in [-0.25, -0.2) is 15.0 Å². The molecular formula is C53H46N4. The highest BCUT2D eigenvalue weighted by atomic mass is 15.0. The summed E-state index contributed by atoms with van der Waals surface area (Å²) < 4.78 is 2.50. The zero-order valence-corrected chi connectivity index (χ0v) is 33.5. The first-order valence-corrected chi connectivity index (χ1v) is 19.8. The Morgan fingerprint density at radius 2 is 0.684 bits per heavy atom. The third kappa shape index (κ3) is 6.82. The second-order valence-corrected chi connectivity index (χ2v) is 17.0. The van der Waals surface area contributed by atoms with Crippen LogP contribution < -0.4 is 0 Å². The van der Waals surface area contributed by atoms with Crippen LogP contribution in [0, 0.1) is 0 Å². The van der Waals surface area contributed by atoms with Crippen LogP contribution in [0.3, 0.4) is 0 Å². The van der Waals surface area contributed by atoms with Crippen molar-refractivity contribution in [3.63, 3.8) is 0 Å². The Hall–Kier alpha value is -6.65. The quantitative estimate of drug-likeness (QED) is 0.171. The van der Waals surface area contributed by atoms with Gasteiger partial charge in [-0.1, -0.05) is 175 Å². The number of rotatable bonds is 6. The molecule has 9 rings (SSSR count). The Balaban J connectivity index is 1.41. The highest BCUT2D eigenvalue weighted by molar-refractivity contribution is 6.11. The molecule has 0 aliphatic heterocycles. The Morgan fingerprint density at radius 3 is 1.04 bits per heavy atom. The van der Waals surface area contributed by atoms with Crippen LogP contribution in [-0.2, 0) is 10.8 Å². The van der Waals surface area contributed by atoms with Crippen molar-refractivity contribution in [2.24, 2.45) is 0 Å². The maximum Gasteiger partial charge on any atom is 0.164 e. The van der Waals surface area contributed by atoms with Gasteiger partial charge >= 0.3 is 0 Å². The molecule has 0 aliphatic carbocycles. The number of benzene rings is 7. The molecule has 0 radical (unpaired) electrons. The van der Waals surface area contributed by atoms with Gasteiger partial charge in [0.25, 0.3) is 0 Å². The molecule has 2 heterocycles. The van der Waals surface area contributed by atoms with Gasteiger partial charge in [0.2, 0.25) is 0 Å². The van der Waals surface area contributed by atoms with E-state index in [2.05, 4.69) is 180 Å². The summed E-state index contributed by atoms with van der Waals surface area (Å²) >= 11 is 0. The van der Waals surface area contributed by atoms with Crippen molar-refractivity contribution in [2.75, 3.05) is 0 Å². The summed E-state index contributed by atoms with van der Waals surface area (Å²) in [4.78, 5) is 15.4. The van der Waals surface area contributed by atoms with Crippen molar-refractivity contribution in [3.05, 3.63) is 181 Å². The van der Waals surface area contributed by atoms with Crippen LogP contribution in [0.25, 0.3) is 83.9 Å². The van der Waals surface area contributed by atoms with Crippen molar-refractivity contribution < 1.29 is 0 Å². The maximum absolute atomic E-state index is 5.20. The summed E-state index contributed by atoms with van der Waals surface area (Å²) in [5.41, 5.74) is 13.3. The van der Waals surface area contributed by atoms with Crippen molar-refractivity contribution >= 4 is 21.8 Å². The first-order chi connectivity index (χ1) is 27.5. The first kappa shape index (κ1) is 36.0. The largest absolute Gasteiger partial charge is 0.308 e. The zero-order valence-electron chi connectivity index (χ0n) is 33.5. The van der Waals surface area contributed by atoms with Crippen molar-refractivity contribution in [2.45, 2.75) is 52.4 Å². The summed E-state index contributed by atoms with van der Waals surface area (Å²) in [7, 11) is 0. The molecule has 4 heteroatoms. The van der Waals surface area contributed by atoms with E-state index in [-0.39, 0.29) is 10.8 Å². The van der Waals surface area contributed by atoms with E-state index in [9.17, 15) is 0 Å². The fraction of sp³-hybridized carbons (Fsp3) is 0.151. The summed E-state index contributed by atoms with van der Waals surface area (Å²) in [5, 5.41) is 2.51. The number of fused-ring (bicyclic) bond motifs is 3. The highest BCUT2D eigenvalue weighted by Gasteiger charge is 2.25. The van der Waals surface area contributed by atoms with E-state index in [1.807, 2.05) is 36.4 Å². The van der Waals surface area contributed by atoms with Gasteiger partial charge in [0.15, 0.2) is 17.5 Å². The van der Waals surface area contributed by atoms with Gasteiger partial charge in [-0.15, -0.1) is 0 Å². The van der Waals surface area contributed by atoms with Crippen LogP contribution in [0.5, 0.6) is 0 Å². The Kier molecular flexibility index (Phi) is 8.93. The van der Waals surface area contributed by atoms with Crippen molar-refractivity contribution in [1.29, 1.82) is 0 Å². The van der Waals surface area contributed by atoms with Gasteiger partial charge in [0.05, 0.1) is 16.7 Å². The average Bonchev–Trinajstić information content (AvgIpc) is 3.56. The smallest absolute Gasteiger partial charge is 0.164 e. The molecule has 0 bridgehead atoms. The fourth-order valence-electron chi connectivity index (χ4n) is 7.81. The summed E-state index contributed by atoms with van der Waals surface area (Å²) in [5.74, 6) is 1.89. The van der Waals surface area contributed by atoms with Gasteiger partial charge in [0, 0.05) is 38.6 Å². The van der Waals surface area contributed by atoms with Crippen molar-refractivity contribution in [1.82, 2.24) is 19.5 Å². The van der Waals surface area contributed by atoms with E-state index in [1.54, 1.807) is 0 Å². The molecule has 278 valence electrons. The van der Waals surface area contributed by atoms with E-state index in [1.165, 1.54) is 32.9 Å². The molecule has 0 atom stereocenters. The van der Waals surface area contributed by atoms with Crippen molar-refractivity contribution in [3.8, 4) is 62.1 Å². The molecule has 2 aromatic heterocycles. The van der Waals surface area contributed by atoms with Crippen LogP contribution in [0.2, 0.25) is 0 Å².